The van der Waals surface area contributed by atoms with Crippen molar-refractivity contribution in [3.8, 4) is 0 Å². The third kappa shape index (κ3) is 5.16. The minimum Gasteiger partial charge on any atom is -0.481 e. The summed E-state index contributed by atoms with van der Waals surface area (Å²) in [6.45, 7) is 0. The number of aliphatic carboxylic acids is 1. The molecule has 132 valence electrons. The number of thioether (sulfide) groups is 2. The maximum Gasteiger partial charge on any atom is 0.305 e. The van der Waals surface area contributed by atoms with Crippen LogP contribution in [-0.4, -0.2) is 39.5 Å². The molecule has 2 atom stereocenters. The molecule has 3 rings (SSSR count). The van der Waals surface area contributed by atoms with Gasteiger partial charge < -0.3 is 10.4 Å². The van der Waals surface area contributed by atoms with Gasteiger partial charge in [0.05, 0.1) is 12.5 Å². The molecule has 1 aliphatic rings. The highest BCUT2D eigenvalue weighted by atomic mass is 32.2. The van der Waals surface area contributed by atoms with Crippen molar-refractivity contribution in [1.82, 2.24) is 5.32 Å². The second kappa shape index (κ2) is 8.63. The van der Waals surface area contributed by atoms with Gasteiger partial charge in [0.25, 0.3) is 0 Å². The smallest absolute Gasteiger partial charge is 0.305 e. The third-order valence-electron chi connectivity index (χ3n) is 4.19. The molecule has 1 saturated heterocycles. The molecule has 0 aliphatic carbocycles. The lowest BCUT2D eigenvalue weighted by atomic mass is 9.99. The van der Waals surface area contributed by atoms with E-state index in [-0.39, 0.29) is 12.3 Å². The Balaban J connectivity index is 1.73. The Bertz CT molecular complexity index is 759. The summed E-state index contributed by atoms with van der Waals surface area (Å²) in [5.74, 6) is 2.21. The molecule has 1 heterocycles. The molecular weight excluding hydrogens is 354 g/mol. The number of carbonyl (C=O) groups excluding carboxylic acids is 1. The van der Waals surface area contributed by atoms with Gasteiger partial charge in [-0.25, -0.2) is 0 Å². The molecule has 2 N–H and O–H groups in total. The van der Waals surface area contributed by atoms with E-state index in [2.05, 4.69) is 5.32 Å². The number of benzene rings is 2. The maximum absolute atomic E-state index is 12.4. The van der Waals surface area contributed by atoms with Crippen molar-refractivity contribution in [2.45, 2.75) is 24.1 Å². The Hall–Kier alpha value is -1.66. The van der Waals surface area contributed by atoms with Gasteiger partial charge in [0, 0.05) is 28.9 Å². The fourth-order valence-electron chi connectivity index (χ4n) is 2.97. The van der Waals surface area contributed by atoms with Gasteiger partial charge in [-0.05, 0) is 22.4 Å². The van der Waals surface area contributed by atoms with E-state index in [1.54, 1.807) is 0 Å². The zero-order chi connectivity index (χ0) is 17.6. The van der Waals surface area contributed by atoms with Crippen LogP contribution in [-0.2, 0) is 9.59 Å². The summed E-state index contributed by atoms with van der Waals surface area (Å²) < 4.78 is 0. The number of nitrogens with one attached hydrogen (secondary N) is 1. The summed E-state index contributed by atoms with van der Waals surface area (Å²) in [6, 6.07) is 13.3. The Morgan fingerprint density at radius 3 is 2.68 bits per heavy atom. The SMILES string of the molecule is O=C(O)C[C@H](NC(=O)CC1CSCCS1)c1ccc2ccccc2c1. The van der Waals surface area contributed by atoms with Crippen molar-refractivity contribution < 1.29 is 14.7 Å². The second-order valence-corrected chi connectivity index (χ2v) is 8.65. The van der Waals surface area contributed by atoms with E-state index in [9.17, 15) is 14.7 Å². The molecule has 0 radical (unpaired) electrons. The fourth-order valence-corrected chi connectivity index (χ4v) is 5.65. The molecule has 2 aromatic carbocycles. The lowest BCUT2D eigenvalue weighted by Crippen LogP contribution is -2.33. The van der Waals surface area contributed by atoms with Gasteiger partial charge in [0.1, 0.15) is 0 Å². The van der Waals surface area contributed by atoms with Crippen LogP contribution < -0.4 is 5.32 Å². The summed E-state index contributed by atoms with van der Waals surface area (Å²) in [7, 11) is 0. The van der Waals surface area contributed by atoms with Crippen molar-refractivity contribution >= 4 is 46.2 Å². The molecule has 1 amide bonds. The number of hydrogen-bond donors (Lipinski definition) is 2. The molecule has 4 nitrogen and oxygen atoms in total. The van der Waals surface area contributed by atoms with E-state index < -0.39 is 12.0 Å². The molecule has 0 spiro atoms. The lowest BCUT2D eigenvalue weighted by Gasteiger charge is -2.23. The molecule has 0 saturated carbocycles. The largest absolute Gasteiger partial charge is 0.481 e. The van der Waals surface area contributed by atoms with Crippen LogP contribution in [0, 0.1) is 0 Å². The zero-order valence-electron chi connectivity index (χ0n) is 13.8. The first-order valence-corrected chi connectivity index (χ1v) is 10.5. The van der Waals surface area contributed by atoms with Gasteiger partial charge in [0.2, 0.25) is 5.91 Å². The first kappa shape index (κ1) is 18.1. The van der Waals surface area contributed by atoms with E-state index in [1.807, 2.05) is 66.0 Å². The standard InChI is InChI=1S/C19H21NO3S2/c21-18(10-16-12-24-7-8-25-16)20-17(11-19(22)23)15-6-5-13-3-1-2-4-14(13)9-15/h1-6,9,16-17H,7-8,10-12H2,(H,20,21)(H,22,23)/t16?,17-/m0/s1. The minimum absolute atomic E-state index is 0.0700. The van der Waals surface area contributed by atoms with Crippen LogP contribution in [0.5, 0.6) is 0 Å². The highest BCUT2D eigenvalue weighted by Crippen LogP contribution is 2.27. The van der Waals surface area contributed by atoms with E-state index in [1.165, 1.54) is 0 Å². The van der Waals surface area contributed by atoms with Crippen LogP contribution in [0.3, 0.4) is 0 Å². The summed E-state index contributed by atoms with van der Waals surface area (Å²) in [4.78, 5) is 23.7. The second-order valence-electron chi connectivity index (χ2n) is 6.10. The predicted molar refractivity (Wildman–Crippen MR) is 105 cm³/mol. The van der Waals surface area contributed by atoms with E-state index >= 15 is 0 Å². The molecule has 25 heavy (non-hydrogen) atoms. The average molecular weight is 376 g/mol. The molecule has 0 bridgehead atoms. The van der Waals surface area contributed by atoms with E-state index in [4.69, 9.17) is 0 Å². The zero-order valence-corrected chi connectivity index (χ0v) is 15.4. The first-order valence-electron chi connectivity index (χ1n) is 8.31. The fraction of sp³-hybridized carbons (Fsp3) is 0.368. The monoisotopic (exact) mass is 375 g/mol. The first-order chi connectivity index (χ1) is 12.1. The quantitative estimate of drug-likeness (QED) is 0.806. The normalized spacial score (nSPS) is 18.6. The number of amides is 1. The van der Waals surface area contributed by atoms with Crippen LogP contribution in [0.4, 0.5) is 0 Å². The topological polar surface area (TPSA) is 66.4 Å². The third-order valence-corrected chi connectivity index (χ3v) is 7.03. The van der Waals surface area contributed by atoms with Gasteiger partial charge in [-0.15, -0.1) is 0 Å². The summed E-state index contributed by atoms with van der Waals surface area (Å²) in [5, 5.41) is 14.6. The molecule has 0 aromatic heterocycles. The molecule has 1 aliphatic heterocycles. The number of fused-ring (bicyclic) bond motifs is 1. The van der Waals surface area contributed by atoms with Gasteiger partial charge in [-0.1, -0.05) is 36.4 Å². The Labute approximate surface area is 155 Å². The summed E-state index contributed by atoms with van der Waals surface area (Å²) >= 11 is 3.71. The van der Waals surface area contributed by atoms with E-state index in [0.29, 0.717) is 11.7 Å². The van der Waals surface area contributed by atoms with Crippen LogP contribution in [0.15, 0.2) is 42.5 Å². The van der Waals surface area contributed by atoms with Crippen molar-refractivity contribution in [3.63, 3.8) is 0 Å². The summed E-state index contributed by atoms with van der Waals surface area (Å²) in [5.41, 5.74) is 0.833. The predicted octanol–water partition coefficient (Wildman–Crippen LogP) is 3.71. The van der Waals surface area contributed by atoms with Crippen molar-refractivity contribution in [3.05, 3.63) is 48.0 Å². The van der Waals surface area contributed by atoms with Crippen LogP contribution >= 0.6 is 23.5 Å². The van der Waals surface area contributed by atoms with Crippen LogP contribution in [0.2, 0.25) is 0 Å². The van der Waals surface area contributed by atoms with Crippen molar-refractivity contribution in [2.75, 3.05) is 17.3 Å². The molecule has 2 aromatic rings. The number of carboxylic acids is 1. The number of rotatable bonds is 6. The van der Waals surface area contributed by atoms with Gasteiger partial charge in [-0.2, -0.15) is 23.5 Å². The molecule has 6 heteroatoms. The number of carbonyl (C=O) groups is 2. The molecule has 1 fully saturated rings. The van der Waals surface area contributed by atoms with Gasteiger partial charge in [0.15, 0.2) is 0 Å². The number of carboxylic acid groups (broad SMARTS) is 1. The minimum atomic E-state index is -0.916. The van der Waals surface area contributed by atoms with Crippen LogP contribution in [0.25, 0.3) is 10.8 Å². The van der Waals surface area contributed by atoms with Gasteiger partial charge >= 0.3 is 5.97 Å². The Kier molecular flexibility index (Phi) is 6.26. The van der Waals surface area contributed by atoms with E-state index in [0.717, 1.165) is 33.6 Å². The number of hydrogen-bond acceptors (Lipinski definition) is 4. The molecular formula is C19H21NO3S2. The van der Waals surface area contributed by atoms with Crippen LogP contribution in [0.1, 0.15) is 24.4 Å². The Morgan fingerprint density at radius 2 is 1.96 bits per heavy atom. The van der Waals surface area contributed by atoms with Crippen molar-refractivity contribution in [2.24, 2.45) is 0 Å². The van der Waals surface area contributed by atoms with Gasteiger partial charge in [-0.3, -0.25) is 9.59 Å². The lowest BCUT2D eigenvalue weighted by molar-refractivity contribution is -0.137. The summed E-state index contributed by atoms with van der Waals surface area (Å²) in [6.07, 6.45) is 0.331. The van der Waals surface area contributed by atoms with Crippen molar-refractivity contribution in [1.29, 1.82) is 0 Å². The highest BCUT2D eigenvalue weighted by Gasteiger charge is 2.22. The highest BCUT2D eigenvalue weighted by molar-refractivity contribution is 8.06. The average Bonchev–Trinajstić information content (AvgIpc) is 2.61. The molecule has 1 unspecified atom stereocenters. The maximum atomic E-state index is 12.4. The Morgan fingerprint density at radius 1 is 1.16 bits per heavy atom.